The topological polar surface area (TPSA) is 37.8 Å². The SMILES string of the molecule is CCNc1cc(C(C)(C)C)nc(Cc2ccccc2C)n1. The Balaban J connectivity index is 2.38. The van der Waals surface area contributed by atoms with Gasteiger partial charge >= 0.3 is 0 Å². The highest BCUT2D eigenvalue weighted by Gasteiger charge is 2.18. The lowest BCUT2D eigenvalue weighted by Gasteiger charge is -2.20. The first-order chi connectivity index (χ1) is 9.90. The average molecular weight is 283 g/mol. The van der Waals surface area contributed by atoms with Gasteiger partial charge in [0.05, 0.1) is 5.69 Å². The van der Waals surface area contributed by atoms with Gasteiger partial charge < -0.3 is 5.32 Å². The van der Waals surface area contributed by atoms with Crippen molar-refractivity contribution in [1.29, 1.82) is 0 Å². The first-order valence-electron chi connectivity index (χ1n) is 7.57. The maximum Gasteiger partial charge on any atom is 0.135 e. The lowest BCUT2D eigenvalue weighted by Crippen LogP contribution is -2.17. The predicted octanol–water partition coefficient (Wildman–Crippen LogP) is 4.11. The minimum Gasteiger partial charge on any atom is -0.370 e. The van der Waals surface area contributed by atoms with Gasteiger partial charge in [-0.05, 0) is 25.0 Å². The molecule has 0 bridgehead atoms. The van der Waals surface area contributed by atoms with Gasteiger partial charge in [0.1, 0.15) is 11.6 Å². The fraction of sp³-hybridized carbons (Fsp3) is 0.444. The molecule has 1 heterocycles. The summed E-state index contributed by atoms with van der Waals surface area (Å²) in [6, 6.07) is 10.5. The van der Waals surface area contributed by atoms with E-state index < -0.39 is 0 Å². The van der Waals surface area contributed by atoms with E-state index >= 15 is 0 Å². The van der Waals surface area contributed by atoms with E-state index in [0.29, 0.717) is 0 Å². The number of benzene rings is 1. The summed E-state index contributed by atoms with van der Waals surface area (Å²) >= 11 is 0. The number of aromatic nitrogens is 2. The highest BCUT2D eigenvalue weighted by Crippen LogP contribution is 2.23. The van der Waals surface area contributed by atoms with Crippen molar-refractivity contribution in [3.05, 3.63) is 53.0 Å². The number of aryl methyl sites for hydroxylation is 1. The minimum absolute atomic E-state index is 0.0214. The van der Waals surface area contributed by atoms with Crippen LogP contribution in [0.1, 0.15) is 50.3 Å². The third-order valence-corrected chi connectivity index (χ3v) is 3.51. The molecule has 0 aliphatic heterocycles. The molecule has 112 valence electrons. The first kappa shape index (κ1) is 15.5. The van der Waals surface area contributed by atoms with Crippen LogP contribution in [-0.4, -0.2) is 16.5 Å². The Morgan fingerprint density at radius 1 is 1.10 bits per heavy atom. The molecular weight excluding hydrogens is 258 g/mol. The van der Waals surface area contributed by atoms with Gasteiger partial charge in [-0.2, -0.15) is 0 Å². The Bertz CT molecular complexity index is 612. The molecule has 2 rings (SSSR count). The molecule has 1 aromatic carbocycles. The summed E-state index contributed by atoms with van der Waals surface area (Å²) in [5.41, 5.74) is 3.67. The van der Waals surface area contributed by atoms with E-state index in [1.54, 1.807) is 0 Å². The van der Waals surface area contributed by atoms with E-state index in [-0.39, 0.29) is 5.41 Å². The largest absolute Gasteiger partial charge is 0.370 e. The van der Waals surface area contributed by atoms with Gasteiger partial charge in [-0.3, -0.25) is 0 Å². The molecule has 0 saturated heterocycles. The molecule has 0 radical (unpaired) electrons. The molecule has 1 N–H and O–H groups in total. The van der Waals surface area contributed by atoms with Crippen LogP contribution in [0.3, 0.4) is 0 Å². The zero-order valence-electron chi connectivity index (χ0n) is 13.7. The van der Waals surface area contributed by atoms with E-state index in [9.17, 15) is 0 Å². The van der Waals surface area contributed by atoms with E-state index in [0.717, 1.165) is 30.3 Å². The van der Waals surface area contributed by atoms with E-state index in [2.05, 4.69) is 75.3 Å². The normalized spacial score (nSPS) is 11.5. The van der Waals surface area contributed by atoms with Crippen LogP contribution in [-0.2, 0) is 11.8 Å². The van der Waals surface area contributed by atoms with Gasteiger partial charge in [0.2, 0.25) is 0 Å². The van der Waals surface area contributed by atoms with Crippen LogP contribution in [0.4, 0.5) is 5.82 Å². The summed E-state index contributed by atoms with van der Waals surface area (Å²) < 4.78 is 0. The van der Waals surface area contributed by atoms with Crippen molar-refractivity contribution in [3.63, 3.8) is 0 Å². The maximum absolute atomic E-state index is 4.77. The number of nitrogens with one attached hydrogen (secondary N) is 1. The molecule has 3 heteroatoms. The summed E-state index contributed by atoms with van der Waals surface area (Å²) in [6.07, 6.45) is 0.773. The molecule has 0 saturated carbocycles. The third-order valence-electron chi connectivity index (χ3n) is 3.51. The lowest BCUT2D eigenvalue weighted by atomic mass is 9.91. The van der Waals surface area contributed by atoms with Gasteiger partial charge in [-0.25, -0.2) is 9.97 Å². The molecule has 21 heavy (non-hydrogen) atoms. The number of nitrogens with zero attached hydrogens (tertiary/aromatic N) is 2. The molecule has 2 aromatic rings. The van der Waals surface area contributed by atoms with Crippen molar-refractivity contribution in [2.45, 2.75) is 46.5 Å². The molecule has 0 aliphatic carbocycles. The van der Waals surface area contributed by atoms with Crippen molar-refractivity contribution in [2.24, 2.45) is 0 Å². The maximum atomic E-state index is 4.77. The van der Waals surface area contributed by atoms with Gasteiger partial charge in [-0.15, -0.1) is 0 Å². The van der Waals surface area contributed by atoms with Crippen LogP contribution >= 0.6 is 0 Å². The zero-order valence-corrected chi connectivity index (χ0v) is 13.7. The van der Waals surface area contributed by atoms with Crippen molar-refractivity contribution in [3.8, 4) is 0 Å². The Morgan fingerprint density at radius 3 is 2.43 bits per heavy atom. The Kier molecular flexibility index (Phi) is 4.61. The van der Waals surface area contributed by atoms with Crippen molar-refractivity contribution in [1.82, 2.24) is 9.97 Å². The Hall–Kier alpha value is -1.90. The number of hydrogen-bond donors (Lipinski definition) is 1. The van der Waals surface area contributed by atoms with Crippen molar-refractivity contribution in [2.75, 3.05) is 11.9 Å². The van der Waals surface area contributed by atoms with Crippen LogP contribution in [0.5, 0.6) is 0 Å². The molecular formula is C18H25N3. The average Bonchev–Trinajstić information content (AvgIpc) is 2.41. The second kappa shape index (κ2) is 6.25. The van der Waals surface area contributed by atoms with E-state index in [1.165, 1.54) is 11.1 Å². The van der Waals surface area contributed by atoms with Gasteiger partial charge in [0, 0.05) is 24.4 Å². The molecule has 0 amide bonds. The predicted molar refractivity (Wildman–Crippen MR) is 88.9 cm³/mol. The smallest absolute Gasteiger partial charge is 0.135 e. The molecule has 0 aliphatic rings. The van der Waals surface area contributed by atoms with Crippen LogP contribution in [0.2, 0.25) is 0 Å². The van der Waals surface area contributed by atoms with Crippen LogP contribution in [0.15, 0.2) is 30.3 Å². The fourth-order valence-corrected chi connectivity index (χ4v) is 2.21. The van der Waals surface area contributed by atoms with Gasteiger partial charge in [-0.1, -0.05) is 45.0 Å². The summed E-state index contributed by atoms with van der Waals surface area (Å²) in [4.78, 5) is 9.42. The standard InChI is InChI=1S/C18H25N3/c1-6-19-16-12-15(18(3,4)5)20-17(21-16)11-14-10-8-7-9-13(14)2/h7-10,12H,6,11H2,1-5H3,(H,19,20,21). The number of hydrogen-bond acceptors (Lipinski definition) is 3. The number of rotatable bonds is 4. The Morgan fingerprint density at radius 2 is 1.81 bits per heavy atom. The third kappa shape index (κ3) is 4.03. The summed E-state index contributed by atoms with van der Waals surface area (Å²) in [6.45, 7) is 11.6. The molecule has 0 fully saturated rings. The highest BCUT2D eigenvalue weighted by atomic mass is 15.0. The monoisotopic (exact) mass is 283 g/mol. The van der Waals surface area contributed by atoms with Crippen molar-refractivity contribution >= 4 is 5.82 Å². The fourth-order valence-electron chi connectivity index (χ4n) is 2.21. The van der Waals surface area contributed by atoms with Crippen LogP contribution < -0.4 is 5.32 Å². The molecule has 1 aromatic heterocycles. The molecule has 0 spiro atoms. The van der Waals surface area contributed by atoms with E-state index in [4.69, 9.17) is 4.98 Å². The minimum atomic E-state index is 0.0214. The molecule has 3 nitrogen and oxygen atoms in total. The lowest BCUT2D eigenvalue weighted by molar-refractivity contribution is 0.563. The Labute approximate surface area is 127 Å². The summed E-state index contributed by atoms with van der Waals surface area (Å²) in [5.74, 6) is 1.80. The summed E-state index contributed by atoms with van der Waals surface area (Å²) in [7, 11) is 0. The molecule has 0 unspecified atom stereocenters. The zero-order chi connectivity index (χ0) is 15.5. The second-order valence-corrected chi connectivity index (χ2v) is 6.44. The van der Waals surface area contributed by atoms with Crippen LogP contribution in [0.25, 0.3) is 0 Å². The number of anilines is 1. The van der Waals surface area contributed by atoms with Gasteiger partial charge in [0.25, 0.3) is 0 Å². The quantitative estimate of drug-likeness (QED) is 0.917. The summed E-state index contributed by atoms with van der Waals surface area (Å²) in [5, 5.41) is 3.31. The van der Waals surface area contributed by atoms with E-state index in [1.807, 2.05) is 0 Å². The second-order valence-electron chi connectivity index (χ2n) is 6.44. The van der Waals surface area contributed by atoms with Gasteiger partial charge in [0.15, 0.2) is 0 Å². The highest BCUT2D eigenvalue weighted by molar-refractivity contribution is 5.39. The van der Waals surface area contributed by atoms with Crippen molar-refractivity contribution < 1.29 is 0 Å². The first-order valence-corrected chi connectivity index (χ1v) is 7.57. The molecule has 0 atom stereocenters. The van der Waals surface area contributed by atoms with Crippen LogP contribution in [0, 0.1) is 6.92 Å².